The molecular formula is C20H19N3Na2O11S3. The third-order valence-electron chi connectivity index (χ3n) is 4.70. The fraction of sp³-hybridized carbons (Fsp3) is 0.150. The van der Waals surface area contributed by atoms with Gasteiger partial charge in [-0.05, 0) is 47.9 Å². The quantitative estimate of drug-likeness (QED) is 0.154. The number of carbonyl (C=O) groups is 1. The van der Waals surface area contributed by atoms with Crippen molar-refractivity contribution in [2.45, 2.75) is 16.7 Å². The van der Waals surface area contributed by atoms with E-state index in [-0.39, 0.29) is 86.4 Å². The second-order valence-corrected chi connectivity index (χ2v) is 12.0. The number of anilines is 1. The standard InChI is InChI=1S/C20H19N3O11S3.2Na/c1-12(24)21-15-3-2-13-10-18(36(28,29)30)19(20(25)17(13)11-15)23-22-14-4-6-16(7-5-14)35(26,27)9-8-34-37(31,32)33;;/h2-7,10-11,25H,8-9H2,1H3,(H,21,24)(H,28,29,30)(H,31,32,33);;. The molecule has 0 atom stereocenters. The zero-order valence-corrected chi connectivity index (χ0v) is 27.2. The number of nitrogens with one attached hydrogen (secondary N) is 1. The van der Waals surface area contributed by atoms with Crippen molar-refractivity contribution in [3.8, 4) is 5.75 Å². The number of carbonyl (C=O) groups excluding carboxylic acids is 1. The fourth-order valence-electron chi connectivity index (χ4n) is 3.11. The Morgan fingerprint density at radius 2 is 1.54 bits per heavy atom. The Labute approximate surface area is 268 Å². The summed E-state index contributed by atoms with van der Waals surface area (Å²) in [7, 11) is -13.7. The van der Waals surface area contributed by atoms with E-state index in [0.29, 0.717) is 5.69 Å². The number of amides is 1. The minimum Gasteiger partial charge on any atom is -0.505 e. The first-order chi connectivity index (χ1) is 17.1. The van der Waals surface area contributed by atoms with Crippen molar-refractivity contribution in [3.05, 3.63) is 48.5 Å². The van der Waals surface area contributed by atoms with Gasteiger partial charge in [-0.2, -0.15) is 21.9 Å². The van der Waals surface area contributed by atoms with Crippen LogP contribution < -0.4 is 5.32 Å². The van der Waals surface area contributed by atoms with Gasteiger partial charge in [0.05, 0.1) is 22.9 Å². The van der Waals surface area contributed by atoms with E-state index >= 15 is 0 Å². The summed E-state index contributed by atoms with van der Waals surface area (Å²) < 4.78 is 91.7. The van der Waals surface area contributed by atoms with Crippen molar-refractivity contribution in [1.82, 2.24) is 0 Å². The monoisotopic (exact) mass is 619 g/mol. The second kappa shape index (κ2) is 13.9. The Bertz CT molecular complexity index is 1730. The Kier molecular flexibility index (Phi) is 12.7. The maximum absolute atomic E-state index is 12.3. The van der Waals surface area contributed by atoms with Gasteiger partial charge in [0.1, 0.15) is 10.6 Å². The molecule has 3 rings (SSSR count). The summed E-state index contributed by atoms with van der Waals surface area (Å²) in [5.74, 6) is -1.79. The summed E-state index contributed by atoms with van der Waals surface area (Å²) in [6.07, 6.45) is 0. The molecule has 0 aliphatic carbocycles. The number of hydrogen-bond acceptors (Lipinski definition) is 11. The molecule has 0 bridgehead atoms. The molecule has 0 spiro atoms. The molecule has 4 N–H and O–H groups in total. The summed E-state index contributed by atoms with van der Waals surface area (Å²) in [5, 5.41) is 21.1. The molecule has 200 valence electrons. The SMILES string of the molecule is CC(=O)Nc1ccc2cc(S(=O)(=O)O)c(N=Nc3ccc(S(=O)(=O)CCOS(=O)(=O)O)cc3)c(O)c2c1.[Na].[Na]. The largest absolute Gasteiger partial charge is 0.505 e. The number of rotatable bonds is 9. The number of hydrogen-bond donors (Lipinski definition) is 4. The van der Waals surface area contributed by atoms with Gasteiger partial charge in [-0.1, -0.05) is 6.07 Å². The van der Waals surface area contributed by atoms with Gasteiger partial charge >= 0.3 is 10.4 Å². The van der Waals surface area contributed by atoms with E-state index in [1.54, 1.807) is 0 Å². The second-order valence-electron chi connectivity index (χ2n) is 7.43. The van der Waals surface area contributed by atoms with Gasteiger partial charge < -0.3 is 10.4 Å². The van der Waals surface area contributed by atoms with E-state index in [2.05, 4.69) is 19.7 Å². The molecule has 3 aromatic carbocycles. The van der Waals surface area contributed by atoms with Crippen LogP contribution in [0.25, 0.3) is 10.8 Å². The van der Waals surface area contributed by atoms with Crippen LogP contribution in [0.5, 0.6) is 5.75 Å². The average molecular weight is 620 g/mol. The molecular weight excluding hydrogens is 600 g/mol. The third-order valence-corrected chi connectivity index (χ3v) is 7.72. The predicted molar refractivity (Wildman–Crippen MR) is 141 cm³/mol. The van der Waals surface area contributed by atoms with E-state index < -0.39 is 59.0 Å². The van der Waals surface area contributed by atoms with Crippen LogP contribution in [0.2, 0.25) is 0 Å². The molecule has 2 radical (unpaired) electrons. The minimum absolute atomic E-state index is 0. The molecule has 0 aromatic heterocycles. The van der Waals surface area contributed by atoms with E-state index in [1.807, 2.05) is 0 Å². The van der Waals surface area contributed by atoms with Gasteiger partial charge in [-0.15, -0.1) is 5.11 Å². The first kappa shape index (κ1) is 35.5. The maximum Gasteiger partial charge on any atom is 0.397 e. The van der Waals surface area contributed by atoms with Gasteiger partial charge in [0.15, 0.2) is 15.6 Å². The zero-order valence-electron chi connectivity index (χ0n) is 20.8. The zero-order chi connectivity index (χ0) is 27.6. The number of phenols is 1. The van der Waals surface area contributed by atoms with Gasteiger partial charge in [0, 0.05) is 77.1 Å². The van der Waals surface area contributed by atoms with E-state index in [1.165, 1.54) is 37.3 Å². The Morgan fingerprint density at radius 1 is 0.923 bits per heavy atom. The topological polar surface area (TPSA) is 226 Å². The van der Waals surface area contributed by atoms with E-state index in [0.717, 1.165) is 18.2 Å². The smallest absolute Gasteiger partial charge is 0.397 e. The fourth-order valence-corrected chi connectivity index (χ4v) is 5.26. The number of nitrogens with zero attached hydrogens (tertiary/aromatic N) is 2. The predicted octanol–water partition coefficient (Wildman–Crippen LogP) is 2.00. The normalized spacial score (nSPS) is 12.1. The summed E-state index contributed by atoms with van der Waals surface area (Å²) in [4.78, 5) is 10.3. The number of phenolic OH excluding ortho intramolecular Hbond substituents is 1. The molecule has 14 nitrogen and oxygen atoms in total. The van der Waals surface area contributed by atoms with Gasteiger partial charge in [-0.3, -0.25) is 13.9 Å². The Balaban J connectivity index is 0.00000380. The summed E-state index contributed by atoms with van der Waals surface area (Å²) in [5.41, 5.74) is -0.272. The van der Waals surface area contributed by atoms with Crippen molar-refractivity contribution in [2.75, 3.05) is 17.7 Å². The number of sulfone groups is 1. The van der Waals surface area contributed by atoms with Crippen LogP contribution >= 0.6 is 0 Å². The van der Waals surface area contributed by atoms with Crippen LogP contribution in [0.3, 0.4) is 0 Å². The molecule has 1 amide bonds. The van der Waals surface area contributed by atoms with Crippen LogP contribution in [0.15, 0.2) is 68.6 Å². The summed E-state index contributed by atoms with van der Waals surface area (Å²) >= 11 is 0. The minimum atomic E-state index is -4.86. The molecule has 0 unspecified atom stereocenters. The van der Waals surface area contributed by atoms with E-state index in [9.17, 15) is 39.7 Å². The van der Waals surface area contributed by atoms with Crippen molar-refractivity contribution >= 4 is 123 Å². The van der Waals surface area contributed by atoms with E-state index in [4.69, 9.17) is 4.55 Å². The van der Waals surface area contributed by atoms with Crippen molar-refractivity contribution in [2.24, 2.45) is 10.2 Å². The van der Waals surface area contributed by atoms with Crippen LogP contribution in [-0.4, -0.2) is 117 Å². The van der Waals surface area contributed by atoms with Crippen LogP contribution in [-0.2, 0) is 39.3 Å². The number of fused-ring (bicyclic) bond motifs is 1. The third kappa shape index (κ3) is 9.83. The molecule has 0 aliphatic rings. The van der Waals surface area contributed by atoms with Crippen LogP contribution in [0.4, 0.5) is 17.1 Å². The molecule has 0 heterocycles. The molecule has 0 saturated carbocycles. The molecule has 3 aromatic rings. The molecule has 19 heteroatoms. The van der Waals surface area contributed by atoms with Crippen LogP contribution in [0, 0.1) is 0 Å². The Hall–Kier alpha value is -1.48. The number of azo groups is 1. The number of benzene rings is 3. The molecule has 0 aliphatic heterocycles. The first-order valence-corrected chi connectivity index (χ1v) is 14.4. The first-order valence-electron chi connectivity index (χ1n) is 9.98. The maximum atomic E-state index is 12.3. The average Bonchev–Trinajstić information content (AvgIpc) is 2.77. The Morgan fingerprint density at radius 3 is 2.08 bits per heavy atom. The van der Waals surface area contributed by atoms with Crippen LogP contribution in [0.1, 0.15) is 6.92 Å². The van der Waals surface area contributed by atoms with Gasteiger partial charge in [0.25, 0.3) is 10.1 Å². The van der Waals surface area contributed by atoms with Crippen molar-refractivity contribution in [3.63, 3.8) is 0 Å². The van der Waals surface area contributed by atoms with Gasteiger partial charge in [-0.25, -0.2) is 12.6 Å². The van der Waals surface area contributed by atoms with Gasteiger partial charge in [0.2, 0.25) is 5.91 Å². The number of aromatic hydroxyl groups is 1. The van der Waals surface area contributed by atoms with Crippen molar-refractivity contribution < 1.29 is 48.4 Å². The van der Waals surface area contributed by atoms with Crippen molar-refractivity contribution in [1.29, 1.82) is 0 Å². The summed E-state index contributed by atoms with van der Waals surface area (Å²) in [6.45, 7) is 0.459. The molecule has 39 heavy (non-hydrogen) atoms. The summed E-state index contributed by atoms with van der Waals surface area (Å²) in [6, 6.07) is 9.91. The molecule has 0 fully saturated rings. The molecule has 0 saturated heterocycles.